The van der Waals surface area contributed by atoms with Crippen LogP contribution in [0.5, 0.6) is 0 Å². The standard InChI is InChI=1S/C18H19ClN4.C2H6/c1-22-8-10-23(11-9-22)18-14-4-2-3-5-15(14)20-16-7-6-13(19)12-17(16)21-18;1-2/h2-7,12,20H,8-11H2,1H3;1-2H3. The first-order valence-electron chi connectivity index (χ1n) is 8.89. The molecule has 0 bridgehead atoms. The normalized spacial score (nSPS) is 16.5. The lowest BCUT2D eigenvalue weighted by Crippen LogP contribution is -2.47. The van der Waals surface area contributed by atoms with E-state index in [2.05, 4.69) is 40.4 Å². The van der Waals surface area contributed by atoms with Crippen molar-refractivity contribution in [2.24, 2.45) is 4.99 Å². The van der Waals surface area contributed by atoms with Crippen molar-refractivity contribution in [3.63, 3.8) is 0 Å². The number of likely N-dealkylation sites (N-methyl/N-ethyl adjacent to an activating group) is 1. The molecule has 4 nitrogen and oxygen atoms in total. The van der Waals surface area contributed by atoms with Crippen LogP contribution in [0.3, 0.4) is 0 Å². The second kappa shape index (κ2) is 7.89. The van der Waals surface area contributed by atoms with E-state index >= 15 is 0 Å². The highest BCUT2D eigenvalue weighted by molar-refractivity contribution is 6.31. The van der Waals surface area contributed by atoms with E-state index in [4.69, 9.17) is 16.6 Å². The molecule has 5 heteroatoms. The second-order valence-corrected chi connectivity index (χ2v) is 6.49. The molecule has 1 N–H and O–H groups in total. The number of anilines is 2. The van der Waals surface area contributed by atoms with Gasteiger partial charge in [-0.1, -0.05) is 37.6 Å². The Labute approximate surface area is 155 Å². The van der Waals surface area contributed by atoms with Gasteiger partial charge in [-0.05, 0) is 37.4 Å². The Kier molecular flexibility index (Phi) is 5.61. The molecule has 2 aromatic rings. The van der Waals surface area contributed by atoms with Gasteiger partial charge in [0, 0.05) is 42.5 Å². The maximum atomic E-state index is 6.18. The number of nitrogens with one attached hydrogen (secondary N) is 1. The molecule has 2 aliphatic heterocycles. The molecular formula is C20H25ClN4. The Hall–Kier alpha value is -2.04. The van der Waals surface area contributed by atoms with E-state index in [1.807, 2.05) is 38.1 Å². The van der Waals surface area contributed by atoms with Crippen LogP contribution in [-0.4, -0.2) is 48.9 Å². The number of benzene rings is 2. The van der Waals surface area contributed by atoms with E-state index in [0.717, 1.165) is 54.6 Å². The summed E-state index contributed by atoms with van der Waals surface area (Å²) in [5, 5.41) is 4.20. The lowest BCUT2D eigenvalue weighted by atomic mass is 10.1. The van der Waals surface area contributed by atoms with Crippen molar-refractivity contribution >= 4 is 34.5 Å². The molecule has 1 saturated heterocycles. The van der Waals surface area contributed by atoms with Crippen molar-refractivity contribution in [2.75, 3.05) is 38.5 Å². The van der Waals surface area contributed by atoms with Gasteiger partial charge in [-0.15, -0.1) is 0 Å². The average Bonchev–Trinajstić information content (AvgIpc) is 2.80. The van der Waals surface area contributed by atoms with Gasteiger partial charge in [-0.3, -0.25) is 0 Å². The number of amidine groups is 1. The van der Waals surface area contributed by atoms with Crippen LogP contribution in [0.15, 0.2) is 47.5 Å². The molecule has 0 aromatic heterocycles. The Morgan fingerprint density at radius 2 is 1.68 bits per heavy atom. The molecule has 4 rings (SSSR count). The minimum absolute atomic E-state index is 0.706. The Bertz CT molecular complexity index is 764. The highest BCUT2D eigenvalue weighted by Gasteiger charge is 2.23. The number of hydrogen-bond acceptors (Lipinski definition) is 4. The maximum absolute atomic E-state index is 6.18. The fraction of sp³-hybridized carbons (Fsp3) is 0.350. The number of hydrogen-bond donors (Lipinski definition) is 1. The summed E-state index contributed by atoms with van der Waals surface area (Å²) < 4.78 is 0. The predicted molar refractivity (Wildman–Crippen MR) is 108 cm³/mol. The lowest BCUT2D eigenvalue weighted by Gasteiger charge is -2.34. The summed E-state index contributed by atoms with van der Waals surface area (Å²) in [4.78, 5) is 9.69. The first-order valence-corrected chi connectivity index (χ1v) is 9.27. The molecule has 0 atom stereocenters. The molecule has 0 aliphatic carbocycles. The number of aliphatic imine (C=N–C) groups is 1. The SMILES string of the molecule is CC.CN1CCN(C2=Nc3cc(Cl)ccc3Nc3ccccc32)CC1. The summed E-state index contributed by atoms with van der Waals surface area (Å²) in [6.07, 6.45) is 0. The van der Waals surface area contributed by atoms with Crippen LogP contribution >= 0.6 is 11.6 Å². The monoisotopic (exact) mass is 356 g/mol. The summed E-state index contributed by atoms with van der Waals surface area (Å²) in [6, 6.07) is 14.2. The van der Waals surface area contributed by atoms with Gasteiger partial charge >= 0.3 is 0 Å². The van der Waals surface area contributed by atoms with E-state index in [1.165, 1.54) is 0 Å². The summed E-state index contributed by atoms with van der Waals surface area (Å²) in [7, 11) is 2.16. The van der Waals surface area contributed by atoms with E-state index in [9.17, 15) is 0 Å². The van der Waals surface area contributed by atoms with Crippen LogP contribution in [0.1, 0.15) is 19.4 Å². The van der Waals surface area contributed by atoms with Crippen molar-refractivity contribution in [3.05, 3.63) is 53.1 Å². The topological polar surface area (TPSA) is 30.9 Å². The molecular weight excluding hydrogens is 332 g/mol. The molecule has 2 aromatic carbocycles. The molecule has 1 fully saturated rings. The number of nitrogens with zero attached hydrogens (tertiary/aromatic N) is 3. The number of halogens is 1. The highest BCUT2D eigenvalue weighted by atomic mass is 35.5. The third kappa shape index (κ3) is 3.80. The Balaban J connectivity index is 0.000000880. The zero-order valence-corrected chi connectivity index (χ0v) is 15.8. The number of fused-ring (bicyclic) bond motifs is 2. The quantitative estimate of drug-likeness (QED) is 0.739. The summed E-state index contributed by atoms with van der Waals surface area (Å²) in [6.45, 7) is 8.08. The van der Waals surface area contributed by atoms with Crippen LogP contribution in [0.2, 0.25) is 5.02 Å². The van der Waals surface area contributed by atoms with Crippen LogP contribution in [-0.2, 0) is 0 Å². The number of para-hydroxylation sites is 1. The molecule has 25 heavy (non-hydrogen) atoms. The number of rotatable bonds is 0. The lowest BCUT2D eigenvalue weighted by molar-refractivity contribution is 0.216. The Morgan fingerprint density at radius 1 is 0.960 bits per heavy atom. The minimum Gasteiger partial charge on any atom is -0.353 e. The first-order chi connectivity index (χ1) is 12.2. The zero-order chi connectivity index (χ0) is 17.8. The maximum Gasteiger partial charge on any atom is 0.138 e. The van der Waals surface area contributed by atoms with Crippen LogP contribution in [0.4, 0.5) is 17.1 Å². The summed E-state index contributed by atoms with van der Waals surface area (Å²) in [5.74, 6) is 1.03. The fourth-order valence-corrected chi connectivity index (χ4v) is 3.24. The van der Waals surface area contributed by atoms with E-state index in [0.29, 0.717) is 5.02 Å². The predicted octanol–water partition coefficient (Wildman–Crippen LogP) is 4.75. The van der Waals surface area contributed by atoms with Gasteiger partial charge in [-0.2, -0.15) is 0 Å². The molecule has 0 spiro atoms. The molecule has 2 aliphatic rings. The van der Waals surface area contributed by atoms with E-state index in [1.54, 1.807) is 0 Å². The van der Waals surface area contributed by atoms with Gasteiger partial charge in [0.25, 0.3) is 0 Å². The van der Waals surface area contributed by atoms with Crippen molar-refractivity contribution in [3.8, 4) is 0 Å². The molecule has 0 radical (unpaired) electrons. The van der Waals surface area contributed by atoms with Crippen LogP contribution in [0.25, 0.3) is 0 Å². The first kappa shape index (κ1) is 17.8. The molecule has 0 amide bonds. The zero-order valence-electron chi connectivity index (χ0n) is 15.1. The Morgan fingerprint density at radius 3 is 2.44 bits per heavy atom. The third-order valence-electron chi connectivity index (χ3n) is 4.43. The number of piperazine rings is 1. The minimum atomic E-state index is 0.706. The van der Waals surface area contributed by atoms with Crippen molar-refractivity contribution < 1.29 is 0 Å². The van der Waals surface area contributed by atoms with Crippen molar-refractivity contribution in [1.29, 1.82) is 0 Å². The van der Waals surface area contributed by atoms with Gasteiger partial charge in [0.05, 0.1) is 11.4 Å². The van der Waals surface area contributed by atoms with Gasteiger partial charge in [-0.25, -0.2) is 4.99 Å². The second-order valence-electron chi connectivity index (χ2n) is 6.06. The largest absolute Gasteiger partial charge is 0.353 e. The van der Waals surface area contributed by atoms with E-state index < -0.39 is 0 Å². The third-order valence-corrected chi connectivity index (χ3v) is 4.66. The highest BCUT2D eigenvalue weighted by Crippen LogP contribution is 2.36. The van der Waals surface area contributed by atoms with Crippen molar-refractivity contribution in [1.82, 2.24) is 9.80 Å². The summed E-state index contributed by atoms with van der Waals surface area (Å²) >= 11 is 6.18. The van der Waals surface area contributed by atoms with Crippen LogP contribution in [0, 0.1) is 0 Å². The fourth-order valence-electron chi connectivity index (χ4n) is 3.07. The molecule has 2 heterocycles. The smallest absolute Gasteiger partial charge is 0.138 e. The van der Waals surface area contributed by atoms with Crippen molar-refractivity contribution in [2.45, 2.75) is 13.8 Å². The molecule has 0 saturated carbocycles. The average molecular weight is 357 g/mol. The van der Waals surface area contributed by atoms with Crippen LogP contribution < -0.4 is 5.32 Å². The summed E-state index contributed by atoms with van der Waals surface area (Å²) in [5.41, 5.74) is 4.12. The van der Waals surface area contributed by atoms with Gasteiger partial charge in [0.1, 0.15) is 5.84 Å². The van der Waals surface area contributed by atoms with Gasteiger partial charge in [0.15, 0.2) is 0 Å². The molecule has 132 valence electrons. The van der Waals surface area contributed by atoms with Gasteiger partial charge in [0.2, 0.25) is 0 Å². The molecule has 0 unspecified atom stereocenters. The van der Waals surface area contributed by atoms with Gasteiger partial charge < -0.3 is 15.1 Å². The van der Waals surface area contributed by atoms with E-state index in [-0.39, 0.29) is 0 Å².